The summed E-state index contributed by atoms with van der Waals surface area (Å²) in [6.45, 7) is 4.57. The lowest BCUT2D eigenvalue weighted by Gasteiger charge is -2.23. The summed E-state index contributed by atoms with van der Waals surface area (Å²) in [6, 6.07) is 27.6. The molecule has 0 radical (unpaired) electrons. The molecule has 36 heavy (non-hydrogen) atoms. The van der Waals surface area contributed by atoms with Crippen LogP contribution in [0.3, 0.4) is 0 Å². The number of benzene rings is 3. The zero-order valence-corrected chi connectivity index (χ0v) is 21.6. The van der Waals surface area contributed by atoms with E-state index >= 15 is 0 Å². The number of carbonyl (C=O) groups excluding carboxylic acids is 1. The van der Waals surface area contributed by atoms with E-state index in [0.717, 1.165) is 33.8 Å². The van der Waals surface area contributed by atoms with Crippen LogP contribution in [0.4, 0.5) is 0 Å². The predicted molar refractivity (Wildman–Crippen MR) is 150 cm³/mol. The second-order valence-corrected chi connectivity index (χ2v) is 9.98. The molecule has 1 aromatic heterocycles. The van der Waals surface area contributed by atoms with E-state index in [0.29, 0.717) is 15.8 Å². The first kappa shape index (κ1) is 24.0. The third-order valence-corrected chi connectivity index (χ3v) is 7.31. The number of hydrogen-bond acceptors (Lipinski definition) is 5. The van der Waals surface area contributed by atoms with Crippen LogP contribution in [0, 0.1) is 0 Å². The Balaban J connectivity index is 1.53. The number of amides is 1. The largest absolute Gasteiger partial charge is 0.494 e. The summed E-state index contributed by atoms with van der Waals surface area (Å²) in [5.41, 5.74) is 4.54. The molecule has 3 aromatic carbocycles. The van der Waals surface area contributed by atoms with Crippen molar-refractivity contribution < 1.29 is 9.53 Å². The van der Waals surface area contributed by atoms with Gasteiger partial charge in [0.05, 0.1) is 28.9 Å². The molecule has 0 bridgehead atoms. The first-order chi connectivity index (χ1) is 17.5. The van der Waals surface area contributed by atoms with Crippen LogP contribution in [0.2, 0.25) is 0 Å². The van der Waals surface area contributed by atoms with Crippen molar-refractivity contribution in [3.8, 4) is 22.7 Å². The van der Waals surface area contributed by atoms with E-state index in [9.17, 15) is 4.79 Å². The molecule has 0 aliphatic carbocycles. The third-order valence-electron chi connectivity index (χ3n) is 5.98. The molecule has 1 atom stereocenters. The first-order valence-corrected chi connectivity index (χ1v) is 13.0. The van der Waals surface area contributed by atoms with Crippen LogP contribution < -0.4 is 4.74 Å². The van der Waals surface area contributed by atoms with E-state index < -0.39 is 0 Å². The summed E-state index contributed by atoms with van der Waals surface area (Å²) >= 11 is 6.96. The number of nitrogens with zero attached hydrogens (tertiary/aromatic N) is 3. The maximum atomic E-state index is 13.5. The molecule has 4 aromatic rings. The van der Waals surface area contributed by atoms with Crippen LogP contribution in [-0.2, 0) is 4.79 Å². The summed E-state index contributed by atoms with van der Waals surface area (Å²) in [6.07, 6.45) is 3.85. The van der Waals surface area contributed by atoms with Gasteiger partial charge in [-0.3, -0.25) is 9.69 Å². The fourth-order valence-electron chi connectivity index (χ4n) is 4.14. The Morgan fingerprint density at radius 1 is 1.00 bits per heavy atom. The second-order valence-electron chi connectivity index (χ2n) is 8.31. The number of ether oxygens (including phenoxy) is 1. The Bertz CT molecular complexity index is 1410. The molecule has 1 aliphatic heterocycles. The highest BCUT2D eigenvalue weighted by Gasteiger charge is 2.36. The van der Waals surface area contributed by atoms with E-state index in [1.165, 1.54) is 11.8 Å². The number of hydrogen-bond donors (Lipinski definition) is 0. The molecule has 0 N–H and O–H groups in total. The summed E-state index contributed by atoms with van der Waals surface area (Å²) in [5.74, 6) is 0.715. The van der Waals surface area contributed by atoms with E-state index in [2.05, 4.69) is 0 Å². The van der Waals surface area contributed by atoms with Crippen molar-refractivity contribution in [3.63, 3.8) is 0 Å². The monoisotopic (exact) mass is 511 g/mol. The molecule has 1 fully saturated rings. The fraction of sp³-hybridized carbons (Fsp3) is 0.138. The average molecular weight is 512 g/mol. The maximum absolute atomic E-state index is 13.5. The molecule has 2 heterocycles. The lowest BCUT2D eigenvalue weighted by atomic mass is 10.1. The lowest BCUT2D eigenvalue weighted by Crippen LogP contribution is -2.30. The van der Waals surface area contributed by atoms with Crippen LogP contribution in [0.1, 0.15) is 31.0 Å². The minimum atomic E-state index is -0.151. The fourth-order valence-corrected chi connectivity index (χ4v) is 5.55. The predicted octanol–water partition coefficient (Wildman–Crippen LogP) is 6.90. The average Bonchev–Trinajstić information content (AvgIpc) is 3.45. The number of para-hydroxylation sites is 1. The zero-order valence-electron chi connectivity index (χ0n) is 20.0. The molecular formula is C29H25N3O2S2. The Hall–Kier alpha value is -3.68. The summed E-state index contributed by atoms with van der Waals surface area (Å²) in [5, 5.41) is 4.88. The van der Waals surface area contributed by atoms with Gasteiger partial charge in [-0.05, 0) is 61.9 Å². The van der Waals surface area contributed by atoms with Crippen molar-refractivity contribution in [1.82, 2.24) is 14.7 Å². The van der Waals surface area contributed by atoms with Crippen molar-refractivity contribution in [2.24, 2.45) is 0 Å². The van der Waals surface area contributed by atoms with Gasteiger partial charge in [-0.2, -0.15) is 5.10 Å². The zero-order chi connectivity index (χ0) is 25.1. The van der Waals surface area contributed by atoms with Crippen molar-refractivity contribution in [2.45, 2.75) is 19.9 Å². The standard InChI is InChI=1S/C29H25N3O2S2/c1-3-34-25-16-14-22(15-17-25)27-23(19-31(30-27)24-12-8-5-9-13-24)18-26-28(33)32(29(35)36-26)20(2)21-10-6-4-7-11-21/h4-20H,3H2,1-2H3/b26-18-/t20-/m0/s1. The molecule has 5 nitrogen and oxygen atoms in total. The SMILES string of the molecule is CCOc1ccc(-c2nn(-c3ccccc3)cc2/C=C2\SC(=S)N([C@@H](C)c3ccccc3)C2=O)cc1. The third kappa shape index (κ3) is 4.85. The Morgan fingerprint density at radius 3 is 2.33 bits per heavy atom. The van der Waals surface area contributed by atoms with Gasteiger partial charge in [0.1, 0.15) is 10.1 Å². The van der Waals surface area contributed by atoms with Gasteiger partial charge >= 0.3 is 0 Å². The minimum Gasteiger partial charge on any atom is -0.494 e. The van der Waals surface area contributed by atoms with Gasteiger partial charge in [0.25, 0.3) is 5.91 Å². The van der Waals surface area contributed by atoms with Gasteiger partial charge in [-0.15, -0.1) is 0 Å². The van der Waals surface area contributed by atoms with Crippen molar-refractivity contribution in [3.05, 3.63) is 107 Å². The van der Waals surface area contributed by atoms with Gasteiger partial charge in [0.15, 0.2) is 0 Å². The molecule has 0 spiro atoms. The van der Waals surface area contributed by atoms with Crippen LogP contribution in [0.5, 0.6) is 5.75 Å². The Morgan fingerprint density at radius 2 is 1.67 bits per heavy atom. The van der Waals surface area contributed by atoms with Gasteiger partial charge in [-0.1, -0.05) is 72.5 Å². The number of rotatable bonds is 7. The smallest absolute Gasteiger partial charge is 0.266 e. The molecular weight excluding hydrogens is 486 g/mol. The molecule has 180 valence electrons. The minimum absolute atomic E-state index is 0.0912. The number of carbonyl (C=O) groups is 1. The molecule has 1 amide bonds. The first-order valence-electron chi connectivity index (χ1n) is 11.8. The van der Waals surface area contributed by atoms with E-state index in [1.807, 2.05) is 116 Å². The molecule has 0 unspecified atom stereocenters. The number of thioether (sulfide) groups is 1. The Labute approximate surface area is 220 Å². The molecule has 7 heteroatoms. The highest BCUT2D eigenvalue weighted by atomic mass is 32.2. The highest BCUT2D eigenvalue weighted by molar-refractivity contribution is 8.26. The molecule has 1 saturated heterocycles. The van der Waals surface area contributed by atoms with E-state index in [4.69, 9.17) is 22.1 Å². The van der Waals surface area contributed by atoms with Crippen LogP contribution >= 0.6 is 24.0 Å². The second kappa shape index (κ2) is 10.5. The van der Waals surface area contributed by atoms with Crippen molar-refractivity contribution >= 4 is 40.3 Å². The lowest BCUT2D eigenvalue weighted by molar-refractivity contribution is -0.123. The van der Waals surface area contributed by atoms with Gasteiger partial charge in [-0.25, -0.2) is 4.68 Å². The van der Waals surface area contributed by atoms with Crippen LogP contribution in [0.25, 0.3) is 23.0 Å². The maximum Gasteiger partial charge on any atom is 0.266 e. The van der Waals surface area contributed by atoms with Crippen LogP contribution in [-0.4, -0.2) is 31.5 Å². The number of aromatic nitrogens is 2. The molecule has 5 rings (SSSR count). The summed E-state index contributed by atoms with van der Waals surface area (Å²) < 4.78 is 7.99. The van der Waals surface area contributed by atoms with Crippen molar-refractivity contribution in [2.75, 3.05) is 6.61 Å². The quantitative estimate of drug-likeness (QED) is 0.199. The van der Waals surface area contributed by atoms with Gasteiger partial charge in [0, 0.05) is 17.3 Å². The topological polar surface area (TPSA) is 47.4 Å². The van der Waals surface area contributed by atoms with Crippen molar-refractivity contribution in [1.29, 1.82) is 0 Å². The van der Waals surface area contributed by atoms with Gasteiger partial charge < -0.3 is 4.74 Å². The Kier molecular flexibility index (Phi) is 7.02. The van der Waals surface area contributed by atoms with Gasteiger partial charge in [0.2, 0.25) is 0 Å². The van der Waals surface area contributed by atoms with Crippen LogP contribution in [0.15, 0.2) is 96.0 Å². The molecule has 0 saturated carbocycles. The molecule has 1 aliphatic rings. The summed E-state index contributed by atoms with van der Waals surface area (Å²) in [7, 11) is 0. The normalized spacial score (nSPS) is 15.5. The van der Waals surface area contributed by atoms with E-state index in [1.54, 1.807) is 4.90 Å². The summed E-state index contributed by atoms with van der Waals surface area (Å²) in [4.78, 5) is 15.8. The highest BCUT2D eigenvalue weighted by Crippen LogP contribution is 2.39. The number of thiocarbonyl (C=S) groups is 1. The van der Waals surface area contributed by atoms with E-state index in [-0.39, 0.29) is 11.9 Å².